The summed E-state index contributed by atoms with van der Waals surface area (Å²) in [6.45, 7) is 6.42. The minimum Gasteiger partial charge on any atom is -0.245 e. The molecule has 0 spiro atoms. The second-order valence-electron chi connectivity index (χ2n) is 4.46. The quantitative estimate of drug-likeness (QED) is 0.710. The van der Waals surface area contributed by atoms with Gasteiger partial charge >= 0.3 is 0 Å². The van der Waals surface area contributed by atoms with Gasteiger partial charge in [0, 0.05) is 23.9 Å². The van der Waals surface area contributed by atoms with Crippen LogP contribution in [0.15, 0.2) is 30.9 Å². The van der Waals surface area contributed by atoms with Crippen molar-refractivity contribution in [3.8, 4) is 5.82 Å². The van der Waals surface area contributed by atoms with E-state index in [-0.39, 0.29) is 5.41 Å². The first kappa shape index (κ1) is 9.83. The van der Waals surface area contributed by atoms with Crippen LogP contribution in [0.1, 0.15) is 26.5 Å². The molecular formula is C11H14N4. The molecule has 2 heterocycles. The maximum Gasteiger partial charge on any atom is 0.156 e. The van der Waals surface area contributed by atoms with E-state index in [2.05, 4.69) is 35.8 Å². The first-order valence-electron chi connectivity index (χ1n) is 4.90. The van der Waals surface area contributed by atoms with Crippen LogP contribution in [0.2, 0.25) is 0 Å². The Kier molecular flexibility index (Phi) is 2.26. The molecule has 15 heavy (non-hydrogen) atoms. The Hall–Kier alpha value is -1.71. The molecule has 0 aliphatic rings. The molecule has 0 saturated heterocycles. The van der Waals surface area contributed by atoms with Crippen LogP contribution >= 0.6 is 0 Å². The zero-order chi connectivity index (χ0) is 10.9. The highest BCUT2D eigenvalue weighted by Gasteiger charge is 2.16. The van der Waals surface area contributed by atoms with E-state index in [1.807, 2.05) is 18.3 Å². The molecule has 0 aliphatic carbocycles. The van der Waals surface area contributed by atoms with E-state index in [1.165, 1.54) is 6.33 Å². The van der Waals surface area contributed by atoms with Crippen molar-refractivity contribution in [2.45, 2.75) is 26.2 Å². The highest BCUT2D eigenvalue weighted by molar-refractivity contribution is 5.21. The molecule has 0 fully saturated rings. The van der Waals surface area contributed by atoms with Crippen molar-refractivity contribution in [1.29, 1.82) is 0 Å². The van der Waals surface area contributed by atoms with Crippen LogP contribution < -0.4 is 0 Å². The Morgan fingerprint density at radius 1 is 1.20 bits per heavy atom. The van der Waals surface area contributed by atoms with E-state index < -0.39 is 0 Å². The molecule has 2 aromatic rings. The molecule has 0 aromatic carbocycles. The Morgan fingerprint density at radius 3 is 2.53 bits per heavy atom. The summed E-state index contributed by atoms with van der Waals surface area (Å²) < 4.78 is 1.77. The van der Waals surface area contributed by atoms with Gasteiger partial charge in [0.15, 0.2) is 5.82 Å². The van der Waals surface area contributed by atoms with Gasteiger partial charge in [0.25, 0.3) is 0 Å². The van der Waals surface area contributed by atoms with Crippen LogP contribution in [-0.2, 0) is 5.41 Å². The van der Waals surface area contributed by atoms with E-state index in [0.29, 0.717) is 0 Å². The molecule has 0 amide bonds. The van der Waals surface area contributed by atoms with E-state index in [1.54, 1.807) is 10.9 Å². The van der Waals surface area contributed by atoms with E-state index in [4.69, 9.17) is 0 Å². The fourth-order valence-corrected chi connectivity index (χ4v) is 1.27. The fraction of sp³-hybridized carbons (Fsp3) is 0.364. The van der Waals surface area contributed by atoms with Crippen LogP contribution in [0, 0.1) is 0 Å². The van der Waals surface area contributed by atoms with Crippen molar-refractivity contribution in [2.75, 3.05) is 0 Å². The molecule has 4 nitrogen and oxygen atoms in total. The lowest BCUT2D eigenvalue weighted by molar-refractivity contribution is 0.559. The van der Waals surface area contributed by atoms with Crippen LogP contribution in [0.5, 0.6) is 0 Å². The number of aromatic nitrogens is 4. The molecule has 78 valence electrons. The minimum atomic E-state index is 0.0677. The highest BCUT2D eigenvalue weighted by atomic mass is 15.3. The normalized spacial score (nSPS) is 11.7. The third-order valence-electron chi connectivity index (χ3n) is 2.16. The molecular weight excluding hydrogens is 188 g/mol. The molecule has 0 N–H and O–H groups in total. The average Bonchev–Trinajstić information content (AvgIpc) is 2.67. The minimum absolute atomic E-state index is 0.0677. The maximum absolute atomic E-state index is 4.48. The van der Waals surface area contributed by atoms with E-state index in [9.17, 15) is 0 Å². The molecule has 0 unspecified atom stereocenters. The third-order valence-corrected chi connectivity index (χ3v) is 2.16. The van der Waals surface area contributed by atoms with Crippen molar-refractivity contribution >= 4 is 0 Å². The zero-order valence-corrected chi connectivity index (χ0v) is 9.18. The van der Waals surface area contributed by atoms with Gasteiger partial charge in [-0.3, -0.25) is 0 Å². The number of nitrogens with zero attached hydrogens (tertiary/aromatic N) is 4. The molecule has 2 aromatic heterocycles. The largest absolute Gasteiger partial charge is 0.245 e. The molecule has 0 radical (unpaired) electrons. The SMILES string of the molecule is CC(C)(C)c1ccn(-c2ccncn2)n1. The van der Waals surface area contributed by atoms with Crippen LogP contribution in [-0.4, -0.2) is 19.7 Å². The summed E-state index contributed by atoms with van der Waals surface area (Å²) in [6, 6.07) is 3.85. The van der Waals surface area contributed by atoms with Crippen LogP contribution in [0.25, 0.3) is 5.82 Å². The van der Waals surface area contributed by atoms with Gasteiger partial charge in [-0.05, 0) is 6.07 Å². The van der Waals surface area contributed by atoms with Gasteiger partial charge in [-0.15, -0.1) is 0 Å². The lowest BCUT2D eigenvalue weighted by Crippen LogP contribution is -2.12. The topological polar surface area (TPSA) is 43.6 Å². The maximum atomic E-state index is 4.48. The van der Waals surface area contributed by atoms with E-state index in [0.717, 1.165) is 11.5 Å². The van der Waals surface area contributed by atoms with Crippen molar-refractivity contribution in [3.05, 3.63) is 36.5 Å². The summed E-state index contributed by atoms with van der Waals surface area (Å²) in [6.07, 6.45) is 5.15. The predicted octanol–water partition coefficient (Wildman–Crippen LogP) is 1.96. The van der Waals surface area contributed by atoms with Gasteiger partial charge in [-0.25, -0.2) is 14.6 Å². The van der Waals surface area contributed by atoms with Crippen molar-refractivity contribution in [1.82, 2.24) is 19.7 Å². The van der Waals surface area contributed by atoms with Gasteiger partial charge < -0.3 is 0 Å². The van der Waals surface area contributed by atoms with Crippen molar-refractivity contribution in [2.24, 2.45) is 0 Å². The summed E-state index contributed by atoms with van der Waals surface area (Å²) in [7, 11) is 0. The molecule has 4 heteroatoms. The van der Waals surface area contributed by atoms with Crippen LogP contribution in [0.3, 0.4) is 0 Å². The lowest BCUT2D eigenvalue weighted by atomic mass is 9.93. The molecule has 2 rings (SSSR count). The van der Waals surface area contributed by atoms with Gasteiger partial charge in [0.2, 0.25) is 0 Å². The second kappa shape index (κ2) is 3.46. The summed E-state index contributed by atoms with van der Waals surface area (Å²) in [5.74, 6) is 0.792. The Bertz CT molecular complexity index is 439. The first-order valence-corrected chi connectivity index (χ1v) is 4.90. The monoisotopic (exact) mass is 202 g/mol. The highest BCUT2D eigenvalue weighted by Crippen LogP contribution is 2.20. The fourth-order valence-electron chi connectivity index (χ4n) is 1.27. The summed E-state index contributed by atoms with van der Waals surface area (Å²) in [5.41, 5.74) is 1.12. The number of rotatable bonds is 1. The molecule has 0 aliphatic heterocycles. The summed E-state index contributed by atoms with van der Waals surface area (Å²) in [4.78, 5) is 8.01. The predicted molar refractivity (Wildman–Crippen MR) is 57.9 cm³/mol. The Morgan fingerprint density at radius 2 is 2.00 bits per heavy atom. The second-order valence-corrected chi connectivity index (χ2v) is 4.46. The Labute approximate surface area is 89.0 Å². The number of hydrogen-bond acceptors (Lipinski definition) is 3. The standard InChI is InChI=1S/C11H14N4/c1-11(2,3)9-5-7-15(14-9)10-4-6-12-8-13-10/h4-8H,1-3H3. The third kappa shape index (κ3) is 2.03. The first-order chi connectivity index (χ1) is 7.07. The summed E-state index contributed by atoms with van der Waals surface area (Å²) in [5, 5.41) is 4.48. The smallest absolute Gasteiger partial charge is 0.156 e. The zero-order valence-electron chi connectivity index (χ0n) is 9.18. The van der Waals surface area contributed by atoms with Crippen molar-refractivity contribution in [3.63, 3.8) is 0 Å². The molecule has 0 bridgehead atoms. The average molecular weight is 202 g/mol. The molecule has 0 saturated carbocycles. The Balaban J connectivity index is 2.37. The van der Waals surface area contributed by atoms with Gasteiger partial charge in [0.05, 0.1) is 5.69 Å². The van der Waals surface area contributed by atoms with Gasteiger partial charge in [0.1, 0.15) is 6.33 Å². The lowest BCUT2D eigenvalue weighted by Gasteiger charge is -2.14. The number of hydrogen-bond donors (Lipinski definition) is 0. The van der Waals surface area contributed by atoms with Crippen LogP contribution in [0.4, 0.5) is 0 Å². The van der Waals surface area contributed by atoms with E-state index >= 15 is 0 Å². The van der Waals surface area contributed by atoms with Crippen molar-refractivity contribution < 1.29 is 0 Å². The van der Waals surface area contributed by atoms with Gasteiger partial charge in [-0.1, -0.05) is 20.8 Å². The summed E-state index contributed by atoms with van der Waals surface area (Å²) >= 11 is 0. The van der Waals surface area contributed by atoms with Gasteiger partial charge in [-0.2, -0.15) is 5.10 Å². The molecule has 0 atom stereocenters.